The lowest BCUT2D eigenvalue weighted by Crippen LogP contribution is -2.49. The Labute approximate surface area is 170 Å². The summed E-state index contributed by atoms with van der Waals surface area (Å²) >= 11 is 0. The Kier molecular flexibility index (Phi) is 7.25. The summed E-state index contributed by atoms with van der Waals surface area (Å²) in [7, 11) is 0. The molecule has 1 atom stereocenters. The van der Waals surface area contributed by atoms with E-state index in [-0.39, 0.29) is 6.10 Å². The fourth-order valence-corrected chi connectivity index (χ4v) is 2.74. The number of fused-ring (bicyclic) bond motifs is 1. The van der Waals surface area contributed by atoms with Crippen LogP contribution < -0.4 is 20.1 Å². The standard InChI is InChI=1S/C21H28N2O6/c1-6-27-16-11-15-9-13(2)29-17(15)10-14(16)7-8-19(25)28-12-18(24)22-20(26)23-21(3,4)5/h7-8,10-11,13H,6,9,12H2,1-5H3,(H2,22,23,24,26)/b8-7+/t13-/m1/s1. The lowest BCUT2D eigenvalue weighted by atomic mass is 10.1. The first-order valence-corrected chi connectivity index (χ1v) is 9.50. The van der Waals surface area contributed by atoms with Gasteiger partial charge in [0.05, 0.1) is 6.61 Å². The van der Waals surface area contributed by atoms with Gasteiger partial charge in [0.25, 0.3) is 5.91 Å². The van der Waals surface area contributed by atoms with Crippen LogP contribution in [0.25, 0.3) is 6.08 Å². The average molecular weight is 404 g/mol. The lowest BCUT2D eigenvalue weighted by Gasteiger charge is -2.20. The normalized spacial score (nSPS) is 15.4. The van der Waals surface area contributed by atoms with Crippen molar-refractivity contribution in [2.45, 2.75) is 52.7 Å². The predicted molar refractivity (Wildman–Crippen MR) is 108 cm³/mol. The molecule has 1 aromatic rings. The van der Waals surface area contributed by atoms with E-state index in [1.807, 2.05) is 26.0 Å². The largest absolute Gasteiger partial charge is 0.493 e. The number of rotatable bonds is 6. The molecule has 0 radical (unpaired) electrons. The van der Waals surface area contributed by atoms with Crippen molar-refractivity contribution >= 4 is 24.0 Å². The highest BCUT2D eigenvalue weighted by molar-refractivity contribution is 5.96. The molecule has 8 heteroatoms. The summed E-state index contributed by atoms with van der Waals surface area (Å²) in [5.74, 6) is -0.0279. The molecule has 29 heavy (non-hydrogen) atoms. The van der Waals surface area contributed by atoms with E-state index in [9.17, 15) is 14.4 Å². The maximum atomic E-state index is 11.9. The molecule has 0 saturated heterocycles. The molecule has 1 aromatic carbocycles. The molecule has 8 nitrogen and oxygen atoms in total. The summed E-state index contributed by atoms with van der Waals surface area (Å²) in [4.78, 5) is 35.3. The first-order valence-electron chi connectivity index (χ1n) is 9.50. The van der Waals surface area contributed by atoms with Gasteiger partial charge >= 0.3 is 12.0 Å². The lowest BCUT2D eigenvalue weighted by molar-refractivity contribution is -0.143. The van der Waals surface area contributed by atoms with Crippen LogP contribution in [-0.2, 0) is 20.7 Å². The number of ether oxygens (including phenoxy) is 3. The van der Waals surface area contributed by atoms with Gasteiger partial charge in [0.2, 0.25) is 0 Å². The number of amides is 3. The van der Waals surface area contributed by atoms with Gasteiger partial charge in [-0.05, 0) is 52.8 Å². The minimum absolute atomic E-state index is 0.0951. The third-order valence-electron chi connectivity index (χ3n) is 3.81. The number of carbonyl (C=O) groups excluding carboxylic acids is 3. The summed E-state index contributed by atoms with van der Waals surface area (Å²) in [6.45, 7) is 9.12. The molecule has 158 valence electrons. The zero-order chi connectivity index (χ0) is 21.6. The number of urea groups is 1. The Morgan fingerprint density at radius 3 is 2.66 bits per heavy atom. The summed E-state index contributed by atoms with van der Waals surface area (Å²) in [6, 6.07) is 3.08. The van der Waals surface area contributed by atoms with Gasteiger partial charge in [-0.1, -0.05) is 0 Å². The zero-order valence-electron chi connectivity index (χ0n) is 17.5. The SMILES string of the molecule is CCOc1cc2c(cc1/C=C/C(=O)OCC(=O)NC(=O)NC(C)(C)C)O[C@H](C)C2. The maximum absolute atomic E-state index is 11.9. The number of hydrogen-bond donors (Lipinski definition) is 2. The van der Waals surface area contributed by atoms with E-state index in [1.54, 1.807) is 26.8 Å². The number of nitrogens with one attached hydrogen (secondary N) is 2. The highest BCUT2D eigenvalue weighted by Crippen LogP contribution is 2.35. The van der Waals surface area contributed by atoms with Crippen LogP contribution >= 0.6 is 0 Å². The molecule has 0 spiro atoms. The fraction of sp³-hybridized carbons (Fsp3) is 0.476. The number of benzene rings is 1. The minimum Gasteiger partial charge on any atom is -0.493 e. The minimum atomic E-state index is -0.719. The third-order valence-corrected chi connectivity index (χ3v) is 3.81. The van der Waals surface area contributed by atoms with Crippen molar-refractivity contribution < 1.29 is 28.6 Å². The highest BCUT2D eigenvalue weighted by Gasteiger charge is 2.21. The Morgan fingerprint density at radius 1 is 1.28 bits per heavy atom. The topological polar surface area (TPSA) is 103 Å². The van der Waals surface area contributed by atoms with Crippen LogP contribution in [0.3, 0.4) is 0 Å². The fourth-order valence-electron chi connectivity index (χ4n) is 2.74. The van der Waals surface area contributed by atoms with E-state index in [0.29, 0.717) is 17.9 Å². The number of carbonyl (C=O) groups is 3. The molecule has 3 amide bonds. The Morgan fingerprint density at radius 2 is 2.00 bits per heavy atom. The molecule has 0 saturated carbocycles. The Balaban J connectivity index is 1.93. The van der Waals surface area contributed by atoms with Gasteiger partial charge in [0.15, 0.2) is 6.61 Å². The van der Waals surface area contributed by atoms with Crippen LogP contribution in [-0.4, -0.2) is 42.8 Å². The van der Waals surface area contributed by atoms with Gasteiger partial charge in [0.1, 0.15) is 17.6 Å². The number of imide groups is 1. The monoisotopic (exact) mass is 404 g/mol. The molecule has 1 aliphatic rings. The Bertz CT molecular complexity index is 810. The van der Waals surface area contributed by atoms with Gasteiger partial charge in [-0.15, -0.1) is 0 Å². The first-order chi connectivity index (χ1) is 13.6. The van der Waals surface area contributed by atoms with E-state index in [4.69, 9.17) is 14.2 Å². The summed E-state index contributed by atoms with van der Waals surface area (Å²) in [5.41, 5.74) is 1.25. The summed E-state index contributed by atoms with van der Waals surface area (Å²) in [6.07, 6.45) is 3.65. The summed E-state index contributed by atoms with van der Waals surface area (Å²) in [5, 5.41) is 4.67. The van der Waals surface area contributed by atoms with Crippen LogP contribution in [0.5, 0.6) is 11.5 Å². The quantitative estimate of drug-likeness (QED) is 0.558. The maximum Gasteiger partial charge on any atom is 0.331 e. The zero-order valence-corrected chi connectivity index (χ0v) is 17.5. The predicted octanol–water partition coefficient (Wildman–Crippen LogP) is 2.59. The van der Waals surface area contributed by atoms with Crippen LogP contribution in [0, 0.1) is 0 Å². The van der Waals surface area contributed by atoms with Crippen LogP contribution in [0.1, 0.15) is 45.7 Å². The van der Waals surface area contributed by atoms with E-state index in [2.05, 4.69) is 10.6 Å². The van der Waals surface area contributed by atoms with Crippen LogP contribution in [0.15, 0.2) is 18.2 Å². The van der Waals surface area contributed by atoms with Crippen molar-refractivity contribution in [2.75, 3.05) is 13.2 Å². The average Bonchev–Trinajstić information content (AvgIpc) is 2.95. The van der Waals surface area contributed by atoms with Gasteiger partial charge in [0, 0.05) is 29.2 Å². The molecular weight excluding hydrogens is 376 g/mol. The van der Waals surface area contributed by atoms with Crippen LogP contribution in [0.4, 0.5) is 4.79 Å². The first kappa shape index (κ1) is 22.3. The third kappa shape index (κ3) is 7.14. The van der Waals surface area contributed by atoms with Gasteiger partial charge in [-0.25, -0.2) is 9.59 Å². The van der Waals surface area contributed by atoms with Gasteiger partial charge in [-0.3, -0.25) is 10.1 Å². The van der Waals surface area contributed by atoms with Crippen molar-refractivity contribution in [3.05, 3.63) is 29.3 Å². The van der Waals surface area contributed by atoms with E-state index >= 15 is 0 Å². The van der Waals surface area contributed by atoms with E-state index in [1.165, 1.54) is 6.08 Å². The number of esters is 1. The molecule has 0 unspecified atom stereocenters. The van der Waals surface area contributed by atoms with Crippen molar-refractivity contribution in [2.24, 2.45) is 0 Å². The molecule has 2 N–H and O–H groups in total. The van der Waals surface area contributed by atoms with Gasteiger partial charge in [-0.2, -0.15) is 0 Å². The molecule has 0 aromatic heterocycles. The van der Waals surface area contributed by atoms with Crippen molar-refractivity contribution in [1.82, 2.24) is 10.6 Å². The molecule has 0 bridgehead atoms. The van der Waals surface area contributed by atoms with Crippen molar-refractivity contribution in [1.29, 1.82) is 0 Å². The second kappa shape index (κ2) is 9.45. The van der Waals surface area contributed by atoms with E-state index < -0.39 is 30.1 Å². The molecule has 0 aliphatic carbocycles. The number of hydrogen-bond acceptors (Lipinski definition) is 6. The van der Waals surface area contributed by atoms with Crippen LogP contribution in [0.2, 0.25) is 0 Å². The van der Waals surface area contributed by atoms with Gasteiger partial charge < -0.3 is 19.5 Å². The van der Waals surface area contributed by atoms with Crippen molar-refractivity contribution in [3.63, 3.8) is 0 Å². The smallest absolute Gasteiger partial charge is 0.331 e. The molecule has 2 rings (SSSR count). The molecular formula is C21H28N2O6. The molecule has 1 aliphatic heterocycles. The molecule has 1 heterocycles. The summed E-state index contributed by atoms with van der Waals surface area (Å²) < 4.78 is 16.3. The van der Waals surface area contributed by atoms with Crippen molar-refractivity contribution in [3.8, 4) is 11.5 Å². The second-order valence-corrected chi connectivity index (χ2v) is 7.76. The second-order valence-electron chi connectivity index (χ2n) is 7.76. The van der Waals surface area contributed by atoms with E-state index in [0.717, 1.165) is 17.7 Å². The molecule has 0 fully saturated rings. The highest BCUT2D eigenvalue weighted by atomic mass is 16.5. The Hall–Kier alpha value is -3.03.